The molecule has 4 rings (SSSR count). The van der Waals surface area contributed by atoms with Gasteiger partial charge in [0.15, 0.2) is 6.23 Å². The monoisotopic (exact) mass is 396 g/mol. The third-order valence-electron chi connectivity index (χ3n) is 4.69. The fraction of sp³-hybridized carbons (Fsp3) is 0.238. The number of nitrogens with zero attached hydrogens (tertiary/aromatic N) is 2. The molecule has 0 aliphatic carbocycles. The Morgan fingerprint density at radius 3 is 2.44 bits per heavy atom. The molecule has 1 aliphatic rings. The number of anilines is 1. The molecule has 2 heterocycles. The van der Waals surface area contributed by atoms with Crippen molar-refractivity contribution in [3.05, 3.63) is 82.6 Å². The molecule has 0 bridgehead atoms. The first-order valence-electron chi connectivity index (χ1n) is 8.65. The lowest BCUT2D eigenvalue weighted by Crippen LogP contribution is -2.22. The summed E-state index contributed by atoms with van der Waals surface area (Å²) in [6, 6.07) is 19.3. The van der Waals surface area contributed by atoms with Gasteiger partial charge in [-0.15, -0.1) is 0 Å². The molecule has 0 amide bonds. The average molecular weight is 397 g/mol. The second-order valence-corrected chi connectivity index (χ2v) is 7.18. The number of aromatic nitrogens is 1. The Morgan fingerprint density at radius 2 is 1.72 bits per heavy atom. The zero-order chi connectivity index (χ0) is 17.2. The van der Waals surface area contributed by atoms with Gasteiger partial charge in [0.05, 0.1) is 6.61 Å². The Morgan fingerprint density at radius 1 is 1.00 bits per heavy atom. The molecule has 1 atom stereocenters. The topological polar surface area (TPSA) is 17.4 Å². The molecule has 0 N–H and O–H groups in total. The summed E-state index contributed by atoms with van der Waals surface area (Å²) in [5.41, 5.74) is 4.91. The van der Waals surface area contributed by atoms with Gasteiger partial charge in [-0.2, -0.15) is 0 Å². The second kappa shape index (κ2) is 7.06. The van der Waals surface area contributed by atoms with E-state index in [2.05, 4.69) is 99.3 Å². The highest BCUT2D eigenvalue weighted by Gasteiger charge is 2.27. The molecule has 1 aromatic heterocycles. The summed E-state index contributed by atoms with van der Waals surface area (Å²) in [5.74, 6) is 0. The molecule has 0 spiro atoms. The van der Waals surface area contributed by atoms with Gasteiger partial charge in [0.25, 0.3) is 0 Å². The molecule has 1 fully saturated rings. The number of halogens is 1. The van der Waals surface area contributed by atoms with Gasteiger partial charge in [-0.3, -0.25) is 0 Å². The van der Waals surface area contributed by atoms with Gasteiger partial charge in [-0.25, -0.2) is 0 Å². The normalized spacial score (nSPS) is 17.2. The van der Waals surface area contributed by atoms with E-state index in [-0.39, 0.29) is 6.23 Å². The summed E-state index contributed by atoms with van der Waals surface area (Å²) >= 11 is 3.49. The first-order chi connectivity index (χ1) is 12.2. The van der Waals surface area contributed by atoms with Crippen molar-refractivity contribution in [2.75, 3.05) is 18.1 Å². The third kappa shape index (κ3) is 3.37. The van der Waals surface area contributed by atoms with E-state index < -0.39 is 0 Å². The van der Waals surface area contributed by atoms with Crippen LogP contribution in [-0.2, 0) is 11.2 Å². The third-order valence-corrected chi connectivity index (χ3v) is 5.22. The summed E-state index contributed by atoms with van der Waals surface area (Å²) in [6.45, 7) is 3.85. The van der Waals surface area contributed by atoms with Crippen LogP contribution in [0.1, 0.15) is 24.3 Å². The van der Waals surface area contributed by atoms with Crippen molar-refractivity contribution in [2.45, 2.75) is 19.6 Å². The summed E-state index contributed by atoms with van der Waals surface area (Å²) in [6.07, 6.45) is 5.30. The van der Waals surface area contributed by atoms with E-state index >= 15 is 0 Å². The molecule has 1 saturated heterocycles. The zero-order valence-corrected chi connectivity index (χ0v) is 15.8. The smallest absolute Gasteiger partial charge is 0.158 e. The van der Waals surface area contributed by atoms with Crippen molar-refractivity contribution in [3.8, 4) is 5.69 Å². The van der Waals surface area contributed by atoms with Crippen LogP contribution in [0.25, 0.3) is 5.69 Å². The van der Waals surface area contributed by atoms with Crippen molar-refractivity contribution in [1.82, 2.24) is 4.57 Å². The molecule has 128 valence electrons. The van der Waals surface area contributed by atoms with E-state index in [1.807, 2.05) is 0 Å². The predicted octanol–water partition coefficient (Wildman–Crippen LogP) is 5.34. The van der Waals surface area contributed by atoms with Crippen molar-refractivity contribution < 1.29 is 4.74 Å². The van der Waals surface area contributed by atoms with Crippen molar-refractivity contribution in [1.29, 1.82) is 0 Å². The van der Waals surface area contributed by atoms with Crippen molar-refractivity contribution in [2.24, 2.45) is 0 Å². The number of hydrogen-bond acceptors (Lipinski definition) is 2. The van der Waals surface area contributed by atoms with Gasteiger partial charge in [0.1, 0.15) is 0 Å². The van der Waals surface area contributed by atoms with Gasteiger partial charge in [-0.1, -0.05) is 35.0 Å². The van der Waals surface area contributed by atoms with Crippen molar-refractivity contribution >= 4 is 21.6 Å². The minimum Gasteiger partial charge on any atom is -0.352 e. The quantitative estimate of drug-likeness (QED) is 0.592. The lowest BCUT2D eigenvalue weighted by molar-refractivity contribution is 0.114. The summed E-state index contributed by atoms with van der Waals surface area (Å²) < 4.78 is 9.26. The van der Waals surface area contributed by atoms with Crippen LogP contribution in [0.2, 0.25) is 0 Å². The van der Waals surface area contributed by atoms with E-state index in [1.165, 1.54) is 16.8 Å². The van der Waals surface area contributed by atoms with Crippen LogP contribution >= 0.6 is 15.9 Å². The minimum atomic E-state index is -0.0239. The maximum absolute atomic E-state index is 6.04. The van der Waals surface area contributed by atoms with Crippen molar-refractivity contribution in [3.63, 3.8) is 0 Å². The molecule has 0 unspecified atom stereocenters. The highest BCUT2D eigenvalue weighted by molar-refractivity contribution is 9.10. The molecular weight excluding hydrogens is 376 g/mol. The molecule has 2 aromatic carbocycles. The highest BCUT2D eigenvalue weighted by Crippen LogP contribution is 2.33. The fourth-order valence-corrected chi connectivity index (χ4v) is 3.53. The highest BCUT2D eigenvalue weighted by atomic mass is 79.9. The number of rotatable bonds is 4. The Bertz CT molecular complexity index is 839. The van der Waals surface area contributed by atoms with Gasteiger partial charge in [0, 0.05) is 40.3 Å². The van der Waals surface area contributed by atoms with E-state index in [9.17, 15) is 0 Å². The first-order valence-corrected chi connectivity index (χ1v) is 9.45. The lowest BCUT2D eigenvalue weighted by Gasteiger charge is -2.24. The molecule has 1 aliphatic heterocycles. The minimum absolute atomic E-state index is 0.0239. The largest absolute Gasteiger partial charge is 0.352 e. The summed E-state index contributed by atoms with van der Waals surface area (Å²) in [4.78, 5) is 2.33. The predicted molar refractivity (Wildman–Crippen MR) is 105 cm³/mol. The number of hydrogen-bond donors (Lipinski definition) is 0. The van der Waals surface area contributed by atoms with E-state index in [1.54, 1.807) is 0 Å². The van der Waals surface area contributed by atoms with Crippen LogP contribution in [0, 0.1) is 0 Å². The van der Waals surface area contributed by atoms with Crippen LogP contribution < -0.4 is 4.90 Å². The molecular formula is C21H21BrN2O. The maximum atomic E-state index is 6.04. The number of ether oxygens (including phenoxy) is 1. The number of benzene rings is 2. The molecule has 3 aromatic rings. The van der Waals surface area contributed by atoms with Crippen LogP contribution in [0.5, 0.6) is 0 Å². The second-order valence-electron chi connectivity index (χ2n) is 6.27. The van der Waals surface area contributed by atoms with Gasteiger partial charge >= 0.3 is 0 Å². The van der Waals surface area contributed by atoms with Gasteiger partial charge in [0.2, 0.25) is 0 Å². The van der Waals surface area contributed by atoms with Gasteiger partial charge < -0.3 is 14.2 Å². The SMILES string of the molecule is CCc1ccc(N2CCO[C@H]2c2ccn(-c3ccc(Br)cc3)c2)cc1. The summed E-state index contributed by atoms with van der Waals surface area (Å²) in [7, 11) is 0. The van der Waals surface area contributed by atoms with E-state index in [4.69, 9.17) is 4.74 Å². The Labute approximate surface area is 157 Å². The number of aryl methyl sites for hydroxylation is 1. The van der Waals surface area contributed by atoms with E-state index in [0.717, 1.165) is 29.7 Å². The standard InChI is InChI=1S/C21H21BrN2O/c1-2-16-3-7-20(8-4-16)24-13-14-25-21(24)17-11-12-23(15-17)19-9-5-18(22)6-10-19/h3-12,15,21H,2,13-14H2,1H3/t21-/m0/s1. The molecule has 4 heteroatoms. The van der Waals surface area contributed by atoms with Crippen LogP contribution in [0.4, 0.5) is 5.69 Å². The van der Waals surface area contributed by atoms with Crippen LogP contribution in [0.15, 0.2) is 71.5 Å². The van der Waals surface area contributed by atoms with E-state index in [0.29, 0.717) is 0 Å². The van der Waals surface area contributed by atoms with Crippen LogP contribution in [-0.4, -0.2) is 17.7 Å². The fourth-order valence-electron chi connectivity index (χ4n) is 3.27. The Balaban J connectivity index is 1.59. The summed E-state index contributed by atoms with van der Waals surface area (Å²) in [5, 5.41) is 0. The molecule has 0 radical (unpaired) electrons. The van der Waals surface area contributed by atoms with Crippen LogP contribution in [0.3, 0.4) is 0 Å². The maximum Gasteiger partial charge on any atom is 0.158 e. The Kier molecular flexibility index (Phi) is 4.64. The molecule has 3 nitrogen and oxygen atoms in total. The first kappa shape index (κ1) is 16.4. The molecule has 0 saturated carbocycles. The Hall–Kier alpha value is -2.04. The molecule has 25 heavy (non-hydrogen) atoms. The average Bonchev–Trinajstić information content (AvgIpc) is 3.31. The zero-order valence-electron chi connectivity index (χ0n) is 14.2. The van der Waals surface area contributed by atoms with Gasteiger partial charge in [-0.05, 0) is 54.4 Å². The lowest BCUT2D eigenvalue weighted by atomic mass is 10.1.